The van der Waals surface area contributed by atoms with E-state index in [0.717, 1.165) is 11.2 Å². The average Bonchev–Trinajstić information content (AvgIpc) is 3.40. The molecular formula is C23H33N9O3. The fraction of sp³-hybridized carbons (Fsp3) is 0.522. The number of alkyl carbamates (subject to hydrolysis) is 1. The number of rotatable bonds is 5. The summed E-state index contributed by atoms with van der Waals surface area (Å²) >= 11 is 0. The highest BCUT2D eigenvalue weighted by atomic mass is 16.6. The highest BCUT2D eigenvalue weighted by Crippen LogP contribution is 2.23. The Morgan fingerprint density at radius 3 is 2.46 bits per heavy atom. The number of piperazine rings is 1. The molecule has 0 bridgehead atoms. The minimum atomic E-state index is -1.09. The molecule has 1 aliphatic rings. The normalized spacial score (nSPS) is 14.8. The lowest BCUT2D eigenvalue weighted by Crippen LogP contribution is -2.60. The molecule has 1 aliphatic heterocycles. The van der Waals surface area contributed by atoms with Gasteiger partial charge in [0.25, 0.3) is 0 Å². The topological polar surface area (TPSA) is 133 Å². The molecule has 0 spiro atoms. The molecule has 0 aliphatic carbocycles. The summed E-state index contributed by atoms with van der Waals surface area (Å²) in [5.74, 6) is 1.71. The quantitative estimate of drug-likeness (QED) is 0.504. The maximum Gasteiger partial charge on any atom is 0.408 e. The summed E-state index contributed by atoms with van der Waals surface area (Å²) in [5, 5.41) is 17.7. The summed E-state index contributed by atoms with van der Waals surface area (Å²) in [6.45, 7) is 12.7. The summed E-state index contributed by atoms with van der Waals surface area (Å²) in [6.07, 6.45) is 1.25. The van der Waals surface area contributed by atoms with Crippen LogP contribution in [-0.4, -0.2) is 79.0 Å². The van der Waals surface area contributed by atoms with Crippen LogP contribution >= 0.6 is 0 Å². The number of aromatic amines is 1. The third kappa shape index (κ3) is 5.64. The van der Waals surface area contributed by atoms with Crippen LogP contribution in [0.2, 0.25) is 0 Å². The Morgan fingerprint density at radius 1 is 1.11 bits per heavy atom. The lowest BCUT2D eigenvalue weighted by molar-refractivity contribution is -0.137. The van der Waals surface area contributed by atoms with E-state index in [1.165, 1.54) is 0 Å². The van der Waals surface area contributed by atoms with Gasteiger partial charge in [0.2, 0.25) is 11.9 Å². The van der Waals surface area contributed by atoms with E-state index in [0.29, 0.717) is 43.8 Å². The number of ether oxygens (including phenoxy) is 1. The predicted molar refractivity (Wildman–Crippen MR) is 132 cm³/mol. The van der Waals surface area contributed by atoms with Crippen molar-refractivity contribution in [1.29, 1.82) is 0 Å². The van der Waals surface area contributed by atoms with Crippen molar-refractivity contribution in [2.45, 2.75) is 52.7 Å². The molecule has 4 rings (SSSR count). The second-order valence-electron chi connectivity index (χ2n) is 10.2. The molecule has 2 amide bonds. The molecule has 1 saturated heterocycles. The number of carbonyl (C=O) groups excluding carboxylic acids is 2. The fourth-order valence-electron chi connectivity index (χ4n) is 3.87. The number of carbonyl (C=O) groups is 2. The second-order valence-corrected chi connectivity index (χ2v) is 10.2. The highest BCUT2D eigenvalue weighted by molar-refractivity contribution is 5.89. The van der Waals surface area contributed by atoms with Crippen LogP contribution in [0.1, 0.15) is 40.3 Å². The summed E-state index contributed by atoms with van der Waals surface area (Å²) in [7, 11) is 0. The number of aromatic nitrogens is 5. The zero-order chi connectivity index (χ0) is 25.4. The van der Waals surface area contributed by atoms with E-state index >= 15 is 0 Å². The number of nitrogens with one attached hydrogen (secondary N) is 3. The number of anilines is 3. The Labute approximate surface area is 204 Å². The molecule has 188 valence electrons. The van der Waals surface area contributed by atoms with Crippen molar-refractivity contribution in [2.24, 2.45) is 0 Å². The van der Waals surface area contributed by atoms with Crippen LogP contribution in [0.3, 0.4) is 0 Å². The van der Waals surface area contributed by atoms with E-state index in [2.05, 4.69) is 25.9 Å². The van der Waals surface area contributed by atoms with Crippen molar-refractivity contribution in [3.05, 3.63) is 30.1 Å². The summed E-state index contributed by atoms with van der Waals surface area (Å²) < 4.78 is 7.08. The molecular weight excluding hydrogens is 450 g/mol. The fourth-order valence-corrected chi connectivity index (χ4v) is 3.87. The van der Waals surface area contributed by atoms with Gasteiger partial charge in [-0.05, 0) is 53.7 Å². The van der Waals surface area contributed by atoms with Crippen molar-refractivity contribution in [2.75, 3.05) is 36.4 Å². The summed E-state index contributed by atoms with van der Waals surface area (Å²) in [6, 6.07) is 5.74. The van der Waals surface area contributed by atoms with E-state index in [1.807, 2.05) is 36.2 Å². The highest BCUT2D eigenvalue weighted by Gasteiger charge is 2.36. The maximum atomic E-state index is 13.1. The zero-order valence-electron chi connectivity index (χ0n) is 21.0. The number of fused-ring (bicyclic) bond motifs is 1. The molecule has 1 fully saturated rings. The third-order valence-corrected chi connectivity index (χ3v) is 5.53. The van der Waals surface area contributed by atoms with E-state index in [9.17, 15) is 9.59 Å². The van der Waals surface area contributed by atoms with E-state index in [-0.39, 0.29) is 5.91 Å². The standard InChI is InChI=1S/C23H33N9O3/c1-15-14-17(28-27-15)24-18-16-8-7-9-32(16)29-20(25-18)31-12-10-30(11-13-31)19(33)23(5,6)26-21(34)35-22(2,3)4/h7-9,14H,10-13H2,1-6H3,(H,26,34)(H2,24,25,27,28,29). The molecule has 0 radical (unpaired) electrons. The van der Waals surface area contributed by atoms with Gasteiger partial charge in [0.15, 0.2) is 11.6 Å². The Balaban J connectivity index is 1.43. The van der Waals surface area contributed by atoms with Crippen molar-refractivity contribution >= 4 is 35.1 Å². The molecule has 35 heavy (non-hydrogen) atoms. The van der Waals surface area contributed by atoms with Gasteiger partial charge in [-0.2, -0.15) is 10.1 Å². The zero-order valence-corrected chi connectivity index (χ0v) is 21.0. The van der Waals surface area contributed by atoms with Crippen molar-refractivity contribution in [1.82, 2.24) is 35.0 Å². The van der Waals surface area contributed by atoms with E-state index in [1.54, 1.807) is 44.0 Å². The first-order valence-electron chi connectivity index (χ1n) is 11.6. The van der Waals surface area contributed by atoms with Crippen molar-refractivity contribution < 1.29 is 14.3 Å². The predicted octanol–water partition coefficient (Wildman–Crippen LogP) is 2.46. The molecule has 12 heteroatoms. The molecule has 4 heterocycles. The van der Waals surface area contributed by atoms with Gasteiger partial charge in [-0.3, -0.25) is 9.89 Å². The largest absolute Gasteiger partial charge is 0.444 e. The average molecular weight is 484 g/mol. The molecule has 3 aromatic heterocycles. The number of hydrogen-bond donors (Lipinski definition) is 3. The monoisotopic (exact) mass is 483 g/mol. The minimum absolute atomic E-state index is 0.166. The molecule has 0 aromatic carbocycles. The molecule has 0 unspecified atom stereocenters. The van der Waals surface area contributed by atoms with Crippen molar-refractivity contribution in [3.8, 4) is 0 Å². The lowest BCUT2D eigenvalue weighted by Gasteiger charge is -2.38. The molecule has 0 atom stereocenters. The van der Waals surface area contributed by atoms with Gasteiger partial charge in [-0.1, -0.05) is 0 Å². The molecule has 3 aromatic rings. The van der Waals surface area contributed by atoms with Gasteiger partial charge in [-0.15, -0.1) is 5.10 Å². The van der Waals surface area contributed by atoms with Crippen LogP contribution in [0.4, 0.5) is 22.4 Å². The van der Waals surface area contributed by atoms with Crippen LogP contribution in [-0.2, 0) is 9.53 Å². The maximum absolute atomic E-state index is 13.1. The summed E-state index contributed by atoms with van der Waals surface area (Å²) in [5.41, 5.74) is 0.0414. The van der Waals surface area contributed by atoms with Crippen LogP contribution < -0.4 is 15.5 Å². The van der Waals surface area contributed by atoms with Gasteiger partial charge in [0.05, 0.1) is 0 Å². The van der Waals surface area contributed by atoms with Crippen LogP contribution in [0.5, 0.6) is 0 Å². The number of nitrogens with zero attached hydrogens (tertiary/aromatic N) is 6. The number of H-pyrrole nitrogens is 1. The van der Waals surface area contributed by atoms with E-state index < -0.39 is 17.2 Å². The van der Waals surface area contributed by atoms with Crippen LogP contribution in [0.15, 0.2) is 24.4 Å². The Kier molecular flexibility index (Phi) is 6.30. The smallest absolute Gasteiger partial charge is 0.408 e. The SMILES string of the molecule is Cc1cc(Nc2nc(N3CCN(C(=O)C(C)(C)NC(=O)OC(C)(C)C)CC3)nn3cccc23)n[nH]1. The number of amides is 2. The lowest BCUT2D eigenvalue weighted by atomic mass is 10.0. The molecule has 3 N–H and O–H groups in total. The van der Waals surface area contributed by atoms with Gasteiger partial charge < -0.3 is 25.2 Å². The Hall–Kier alpha value is -3.83. The summed E-state index contributed by atoms with van der Waals surface area (Å²) in [4.78, 5) is 33.9. The van der Waals surface area contributed by atoms with Gasteiger partial charge >= 0.3 is 6.09 Å². The Morgan fingerprint density at radius 2 is 1.83 bits per heavy atom. The number of aryl methyl sites for hydroxylation is 1. The first-order valence-corrected chi connectivity index (χ1v) is 11.6. The molecule has 12 nitrogen and oxygen atoms in total. The Bertz CT molecular complexity index is 1220. The molecule has 0 saturated carbocycles. The first kappa shape index (κ1) is 24.3. The van der Waals surface area contributed by atoms with E-state index in [4.69, 9.17) is 9.72 Å². The third-order valence-electron chi connectivity index (χ3n) is 5.53. The van der Waals surface area contributed by atoms with Gasteiger partial charge in [0, 0.05) is 44.1 Å². The van der Waals surface area contributed by atoms with Gasteiger partial charge in [-0.25, -0.2) is 9.31 Å². The van der Waals surface area contributed by atoms with Crippen LogP contribution in [0.25, 0.3) is 5.52 Å². The second kappa shape index (κ2) is 9.08. The van der Waals surface area contributed by atoms with Crippen LogP contribution in [0, 0.1) is 6.92 Å². The minimum Gasteiger partial charge on any atom is -0.444 e. The van der Waals surface area contributed by atoms with Gasteiger partial charge in [0.1, 0.15) is 16.7 Å². The number of hydrogen-bond acceptors (Lipinski definition) is 8. The first-order chi connectivity index (χ1) is 16.4. The van der Waals surface area contributed by atoms with Crippen molar-refractivity contribution in [3.63, 3.8) is 0 Å².